The summed E-state index contributed by atoms with van der Waals surface area (Å²) in [7, 11) is 0. The molecule has 2 amide bonds. The van der Waals surface area contributed by atoms with E-state index in [1.165, 1.54) is 11.3 Å². The van der Waals surface area contributed by atoms with Crippen molar-refractivity contribution >= 4 is 23.2 Å². The van der Waals surface area contributed by atoms with Crippen molar-refractivity contribution in [1.29, 1.82) is 0 Å². The summed E-state index contributed by atoms with van der Waals surface area (Å²) in [5, 5.41) is 15.9. The van der Waals surface area contributed by atoms with Gasteiger partial charge in [0.2, 0.25) is 5.91 Å². The Bertz CT molecular complexity index is 379. The summed E-state index contributed by atoms with van der Waals surface area (Å²) in [4.78, 5) is 23.7. The van der Waals surface area contributed by atoms with E-state index in [9.17, 15) is 9.59 Å². The number of aliphatic hydroxyl groups excluding tert-OH is 1. The molecule has 1 aromatic rings. The first-order chi connectivity index (χ1) is 8.67. The summed E-state index contributed by atoms with van der Waals surface area (Å²) in [5.74, 6) is -0.476. The Hall–Kier alpha value is -1.40. The first-order valence-corrected chi connectivity index (χ1v) is 6.77. The van der Waals surface area contributed by atoms with Crippen LogP contribution in [0.2, 0.25) is 0 Å². The second-order valence-electron chi connectivity index (χ2n) is 3.84. The van der Waals surface area contributed by atoms with Crippen molar-refractivity contribution in [2.24, 2.45) is 0 Å². The maximum atomic E-state index is 11.6. The van der Waals surface area contributed by atoms with E-state index >= 15 is 0 Å². The molecule has 1 atom stereocenters. The number of hydrogen-bond donors (Lipinski definition) is 3. The summed E-state index contributed by atoms with van der Waals surface area (Å²) >= 11 is 1.33. The molecule has 1 heterocycles. The molecule has 1 rings (SSSR count). The van der Waals surface area contributed by atoms with E-state index in [0.29, 0.717) is 11.3 Å². The van der Waals surface area contributed by atoms with Gasteiger partial charge in [0, 0.05) is 12.6 Å². The van der Waals surface area contributed by atoms with Gasteiger partial charge in [-0.25, -0.2) is 0 Å². The molecule has 0 saturated heterocycles. The van der Waals surface area contributed by atoms with Gasteiger partial charge in [-0.05, 0) is 24.3 Å². The molecular formula is C12H18N2O3S. The fourth-order valence-corrected chi connectivity index (χ4v) is 2.11. The van der Waals surface area contributed by atoms with Gasteiger partial charge in [0.05, 0.1) is 11.4 Å². The Balaban J connectivity index is 2.30. The summed E-state index contributed by atoms with van der Waals surface area (Å²) in [6.45, 7) is 1.93. The zero-order chi connectivity index (χ0) is 13.4. The molecule has 0 aliphatic carbocycles. The topological polar surface area (TPSA) is 78.4 Å². The standard InChI is InChI=1S/C12H18N2O3S/c1-2-9(5-6-15)14-11(16)8-13-12(17)10-4-3-7-18-10/h3-4,7,9,15H,2,5-6,8H2,1H3,(H,13,17)(H,14,16). The second-order valence-corrected chi connectivity index (χ2v) is 4.79. The van der Waals surface area contributed by atoms with Gasteiger partial charge in [-0.3, -0.25) is 9.59 Å². The molecule has 0 aromatic carbocycles. The number of amides is 2. The molecule has 0 radical (unpaired) electrons. The Kier molecular flexibility index (Phi) is 6.38. The van der Waals surface area contributed by atoms with Crippen LogP contribution in [0.25, 0.3) is 0 Å². The minimum Gasteiger partial charge on any atom is -0.396 e. The van der Waals surface area contributed by atoms with Gasteiger partial charge in [-0.15, -0.1) is 11.3 Å². The Morgan fingerprint density at radius 3 is 2.83 bits per heavy atom. The average Bonchev–Trinajstić information content (AvgIpc) is 2.89. The van der Waals surface area contributed by atoms with Crippen LogP contribution in [0.1, 0.15) is 29.4 Å². The van der Waals surface area contributed by atoms with Crippen molar-refractivity contribution in [2.45, 2.75) is 25.8 Å². The Labute approximate surface area is 110 Å². The molecule has 5 nitrogen and oxygen atoms in total. The Morgan fingerprint density at radius 1 is 1.50 bits per heavy atom. The highest BCUT2D eigenvalue weighted by molar-refractivity contribution is 7.12. The van der Waals surface area contributed by atoms with Gasteiger partial charge >= 0.3 is 0 Å². The van der Waals surface area contributed by atoms with Gasteiger partial charge in [-0.1, -0.05) is 13.0 Å². The third kappa shape index (κ3) is 4.85. The number of nitrogens with one attached hydrogen (secondary N) is 2. The summed E-state index contributed by atoms with van der Waals surface area (Å²) in [6, 6.07) is 3.45. The van der Waals surface area contributed by atoms with Crippen LogP contribution in [0.15, 0.2) is 17.5 Å². The van der Waals surface area contributed by atoms with Crippen LogP contribution in [0.5, 0.6) is 0 Å². The molecule has 0 bridgehead atoms. The minimum absolute atomic E-state index is 0.0406. The lowest BCUT2D eigenvalue weighted by molar-refractivity contribution is -0.120. The van der Waals surface area contributed by atoms with E-state index in [1.807, 2.05) is 12.3 Å². The van der Waals surface area contributed by atoms with Gasteiger partial charge in [0.15, 0.2) is 0 Å². The van der Waals surface area contributed by atoms with Crippen LogP contribution in [-0.4, -0.2) is 36.1 Å². The molecule has 0 saturated carbocycles. The predicted octanol–water partition coefficient (Wildman–Crippen LogP) is 0.755. The van der Waals surface area contributed by atoms with Crippen molar-refractivity contribution in [3.05, 3.63) is 22.4 Å². The molecule has 18 heavy (non-hydrogen) atoms. The molecular weight excluding hydrogens is 252 g/mol. The van der Waals surface area contributed by atoms with Crippen LogP contribution in [0.4, 0.5) is 0 Å². The molecule has 0 aliphatic rings. The van der Waals surface area contributed by atoms with Crippen molar-refractivity contribution in [3.8, 4) is 0 Å². The van der Waals surface area contributed by atoms with Crippen LogP contribution >= 0.6 is 11.3 Å². The van der Waals surface area contributed by atoms with Crippen molar-refractivity contribution in [3.63, 3.8) is 0 Å². The van der Waals surface area contributed by atoms with E-state index in [4.69, 9.17) is 5.11 Å². The number of thiophene rings is 1. The first kappa shape index (κ1) is 14.7. The first-order valence-electron chi connectivity index (χ1n) is 5.89. The summed E-state index contributed by atoms with van der Waals surface area (Å²) in [5.41, 5.74) is 0. The molecule has 3 N–H and O–H groups in total. The number of carbonyl (C=O) groups excluding carboxylic acids is 2. The van der Waals surface area contributed by atoms with E-state index < -0.39 is 0 Å². The fraction of sp³-hybridized carbons (Fsp3) is 0.500. The van der Waals surface area contributed by atoms with Gasteiger partial charge in [0.25, 0.3) is 5.91 Å². The zero-order valence-corrected chi connectivity index (χ0v) is 11.1. The predicted molar refractivity (Wildman–Crippen MR) is 70.6 cm³/mol. The quantitative estimate of drug-likeness (QED) is 0.684. The lowest BCUT2D eigenvalue weighted by atomic mass is 10.1. The van der Waals surface area contributed by atoms with Gasteiger partial charge in [0.1, 0.15) is 0 Å². The number of hydrogen-bond acceptors (Lipinski definition) is 4. The molecule has 1 aromatic heterocycles. The lowest BCUT2D eigenvalue weighted by Crippen LogP contribution is -2.42. The number of aliphatic hydroxyl groups is 1. The highest BCUT2D eigenvalue weighted by Crippen LogP contribution is 2.07. The van der Waals surface area contributed by atoms with E-state index in [2.05, 4.69) is 10.6 Å². The molecule has 1 unspecified atom stereocenters. The third-order valence-corrected chi connectivity index (χ3v) is 3.36. The SMILES string of the molecule is CCC(CCO)NC(=O)CNC(=O)c1cccs1. The average molecular weight is 270 g/mol. The normalized spacial score (nSPS) is 11.9. The third-order valence-electron chi connectivity index (χ3n) is 2.49. The van der Waals surface area contributed by atoms with Crippen molar-refractivity contribution < 1.29 is 14.7 Å². The van der Waals surface area contributed by atoms with E-state index in [0.717, 1.165) is 6.42 Å². The second kappa shape index (κ2) is 7.84. The smallest absolute Gasteiger partial charge is 0.261 e. The lowest BCUT2D eigenvalue weighted by Gasteiger charge is -2.15. The summed E-state index contributed by atoms with van der Waals surface area (Å²) < 4.78 is 0. The molecule has 0 spiro atoms. The molecule has 0 fully saturated rings. The van der Waals surface area contributed by atoms with E-state index in [-0.39, 0.29) is 31.0 Å². The van der Waals surface area contributed by atoms with E-state index in [1.54, 1.807) is 12.1 Å². The van der Waals surface area contributed by atoms with Crippen LogP contribution in [0, 0.1) is 0 Å². The van der Waals surface area contributed by atoms with Gasteiger partial charge < -0.3 is 15.7 Å². The van der Waals surface area contributed by atoms with Crippen LogP contribution < -0.4 is 10.6 Å². The minimum atomic E-state index is -0.240. The van der Waals surface area contributed by atoms with Crippen molar-refractivity contribution in [2.75, 3.05) is 13.2 Å². The molecule has 100 valence electrons. The number of rotatable bonds is 7. The fourth-order valence-electron chi connectivity index (χ4n) is 1.47. The zero-order valence-electron chi connectivity index (χ0n) is 10.3. The molecule has 0 aliphatic heterocycles. The highest BCUT2D eigenvalue weighted by atomic mass is 32.1. The maximum Gasteiger partial charge on any atom is 0.261 e. The molecule has 6 heteroatoms. The Morgan fingerprint density at radius 2 is 2.28 bits per heavy atom. The summed E-state index contributed by atoms with van der Waals surface area (Å²) in [6.07, 6.45) is 1.28. The largest absolute Gasteiger partial charge is 0.396 e. The monoisotopic (exact) mass is 270 g/mol. The van der Waals surface area contributed by atoms with Crippen LogP contribution in [-0.2, 0) is 4.79 Å². The van der Waals surface area contributed by atoms with Crippen LogP contribution in [0.3, 0.4) is 0 Å². The maximum absolute atomic E-state index is 11.6. The van der Waals surface area contributed by atoms with Gasteiger partial charge in [-0.2, -0.15) is 0 Å². The van der Waals surface area contributed by atoms with Crippen molar-refractivity contribution in [1.82, 2.24) is 10.6 Å². The number of carbonyl (C=O) groups is 2. The highest BCUT2D eigenvalue weighted by Gasteiger charge is 2.12.